The fraction of sp³-hybridized carbons (Fsp3) is 0.520. The molecule has 0 saturated heterocycles. The van der Waals surface area contributed by atoms with Gasteiger partial charge in [-0.2, -0.15) is 0 Å². The van der Waals surface area contributed by atoms with Gasteiger partial charge in [0.05, 0.1) is 7.11 Å². The van der Waals surface area contributed by atoms with Crippen LogP contribution in [0.1, 0.15) is 76.3 Å². The molecule has 1 unspecified atom stereocenters. The molecule has 1 saturated carbocycles. The molecule has 0 heterocycles. The second-order valence-electron chi connectivity index (χ2n) is 8.54. The third kappa shape index (κ3) is 4.14. The van der Waals surface area contributed by atoms with Gasteiger partial charge in [-0.3, -0.25) is 0 Å². The SMILES string of the molecule is CCCCc1ccc(-c2cccc(OC)c2)c(C2CCCCC2(C)C)c1. The summed E-state index contributed by atoms with van der Waals surface area (Å²) in [4.78, 5) is 0. The number of rotatable bonds is 6. The molecule has 0 N–H and O–H groups in total. The van der Waals surface area contributed by atoms with Crippen LogP contribution in [0.5, 0.6) is 5.75 Å². The summed E-state index contributed by atoms with van der Waals surface area (Å²) in [7, 11) is 1.75. The third-order valence-corrected chi connectivity index (χ3v) is 6.20. The Hall–Kier alpha value is -1.76. The molecule has 140 valence electrons. The van der Waals surface area contributed by atoms with Gasteiger partial charge in [0.25, 0.3) is 0 Å². The highest BCUT2D eigenvalue weighted by molar-refractivity contribution is 5.70. The number of unbranched alkanes of at least 4 members (excludes halogenated alkanes) is 1. The van der Waals surface area contributed by atoms with Crippen molar-refractivity contribution in [1.29, 1.82) is 0 Å². The lowest BCUT2D eigenvalue weighted by molar-refractivity contribution is 0.200. The minimum atomic E-state index is 0.370. The first kappa shape index (κ1) is 19.0. The first-order valence-electron chi connectivity index (χ1n) is 10.3. The van der Waals surface area contributed by atoms with Crippen molar-refractivity contribution in [2.75, 3.05) is 7.11 Å². The van der Waals surface area contributed by atoms with Crippen LogP contribution >= 0.6 is 0 Å². The molecule has 0 bridgehead atoms. The van der Waals surface area contributed by atoms with Crippen LogP contribution in [0.2, 0.25) is 0 Å². The van der Waals surface area contributed by atoms with Gasteiger partial charge in [0.15, 0.2) is 0 Å². The van der Waals surface area contributed by atoms with Crippen molar-refractivity contribution < 1.29 is 4.74 Å². The molecule has 2 aromatic carbocycles. The van der Waals surface area contributed by atoms with E-state index in [-0.39, 0.29) is 0 Å². The monoisotopic (exact) mass is 350 g/mol. The second kappa shape index (κ2) is 8.29. The molecule has 0 aromatic heterocycles. The summed E-state index contributed by atoms with van der Waals surface area (Å²) in [5.41, 5.74) is 6.09. The Bertz CT molecular complexity index is 729. The third-order valence-electron chi connectivity index (χ3n) is 6.20. The fourth-order valence-electron chi connectivity index (χ4n) is 4.56. The van der Waals surface area contributed by atoms with E-state index in [1.165, 1.54) is 61.6 Å². The summed E-state index contributed by atoms with van der Waals surface area (Å²) in [5, 5.41) is 0. The van der Waals surface area contributed by atoms with Gasteiger partial charge in [0, 0.05) is 0 Å². The summed E-state index contributed by atoms with van der Waals surface area (Å²) >= 11 is 0. The Morgan fingerprint density at radius 1 is 1.08 bits per heavy atom. The molecule has 1 atom stereocenters. The summed E-state index contributed by atoms with van der Waals surface area (Å²) in [5.74, 6) is 1.57. The zero-order chi connectivity index (χ0) is 18.6. The van der Waals surface area contributed by atoms with E-state index in [9.17, 15) is 0 Å². The quantitative estimate of drug-likeness (QED) is 0.528. The number of ether oxygens (including phenoxy) is 1. The molecule has 1 fully saturated rings. The zero-order valence-electron chi connectivity index (χ0n) is 17.0. The van der Waals surface area contributed by atoms with Gasteiger partial charge in [0.2, 0.25) is 0 Å². The van der Waals surface area contributed by atoms with Crippen molar-refractivity contribution in [3.8, 4) is 16.9 Å². The van der Waals surface area contributed by atoms with Crippen molar-refractivity contribution in [2.24, 2.45) is 5.41 Å². The summed E-state index contributed by atoms with van der Waals surface area (Å²) in [6.45, 7) is 7.20. The summed E-state index contributed by atoms with van der Waals surface area (Å²) in [6, 6.07) is 15.8. The molecule has 0 amide bonds. The Balaban J connectivity index is 2.07. The van der Waals surface area contributed by atoms with Crippen LogP contribution in [0, 0.1) is 5.41 Å². The van der Waals surface area contributed by atoms with E-state index in [1.807, 2.05) is 6.07 Å². The van der Waals surface area contributed by atoms with Crippen LogP contribution in [-0.2, 0) is 6.42 Å². The van der Waals surface area contributed by atoms with Crippen LogP contribution in [0.3, 0.4) is 0 Å². The minimum Gasteiger partial charge on any atom is -0.497 e. The average molecular weight is 351 g/mol. The standard InChI is InChI=1S/C25H34O/c1-5-6-10-19-14-15-22(20-11-9-12-21(18-20)26-4)23(17-19)24-13-7-8-16-25(24,2)3/h9,11-12,14-15,17-18,24H,5-8,10,13,16H2,1-4H3. The summed E-state index contributed by atoms with van der Waals surface area (Å²) < 4.78 is 5.48. The van der Waals surface area contributed by atoms with Crippen LogP contribution in [0.25, 0.3) is 11.1 Å². The molecule has 0 spiro atoms. The van der Waals surface area contributed by atoms with Gasteiger partial charge >= 0.3 is 0 Å². The van der Waals surface area contributed by atoms with Gasteiger partial charge in [-0.1, -0.05) is 70.4 Å². The van der Waals surface area contributed by atoms with Crippen molar-refractivity contribution in [3.63, 3.8) is 0 Å². The lowest BCUT2D eigenvalue weighted by atomic mass is 9.65. The van der Waals surface area contributed by atoms with Gasteiger partial charge < -0.3 is 4.74 Å². The summed E-state index contributed by atoms with van der Waals surface area (Å²) in [6.07, 6.45) is 9.07. The Morgan fingerprint density at radius 2 is 1.92 bits per heavy atom. The Kier molecular flexibility index (Phi) is 6.06. The normalized spacial score (nSPS) is 19.3. The second-order valence-corrected chi connectivity index (χ2v) is 8.54. The molecule has 1 nitrogen and oxygen atoms in total. The lowest BCUT2D eigenvalue weighted by Gasteiger charge is -2.40. The lowest BCUT2D eigenvalue weighted by Crippen LogP contribution is -2.26. The van der Waals surface area contributed by atoms with Gasteiger partial charge in [0.1, 0.15) is 5.75 Å². The van der Waals surface area contributed by atoms with Crippen molar-refractivity contribution >= 4 is 0 Å². The highest BCUT2D eigenvalue weighted by Crippen LogP contribution is 2.49. The maximum atomic E-state index is 5.48. The van der Waals surface area contributed by atoms with Crippen molar-refractivity contribution in [1.82, 2.24) is 0 Å². The highest BCUT2D eigenvalue weighted by Gasteiger charge is 2.34. The Labute approximate surface area is 159 Å². The topological polar surface area (TPSA) is 9.23 Å². The van der Waals surface area contributed by atoms with Gasteiger partial charge in [-0.25, -0.2) is 0 Å². The van der Waals surface area contributed by atoms with E-state index >= 15 is 0 Å². The number of aryl methyl sites for hydroxylation is 1. The predicted octanol–water partition coefficient (Wildman–Crippen LogP) is 7.39. The average Bonchev–Trinajstić information content (AvgIpc) is 2.66. The van der Waals surface area contributed by atoms with E-state index in [0.29, 0.717) is 11.3 Å². The number of hydrogen-bond donors (Lipinski definition) is 0. The first-order chi connectivity index (χ1) is 12.5. The van der Waals surface area contributed by atoms with E-state index in [1.54, 1.807) is 12.7 Å². The van der Waals surface area contributed by atoms with E-state index in [2.05, 4.69) is 57.2 Å². The molecule has 1 aliphatic rings. The van der Waals surface area contributed by atoms with Gasteiger partial charge in [-0.05, 0) is 71.4 Å². The van der Waals surface area contributed by atoms with E-state index in [4.69, 9.17) is 4.74 Å². The molecule has 1 heteroatoms. The maximum Gasteiger partial charge on any atom is 0.119 e. The van der Waals surface area contributed by atoms with E-state index in [0.717, 1.165) is 5.75 Å². The van der Waals surface area contributed by atoms with Crippen LogP contribution in [-0.4, -0.2) is 7.11 Å². The van der Waals surface area contributed by atoms with Crippen molar-refractivity contribution in [2.45, 2.75) is 71.6 Å². The van der Waals surface area contributed by atoms with Crippen molar-refractivity contribution in [3.05, 3.63) is 53.6 Å². The first-order valence-corrected chi connectivity index (χ1v) is 10.3. The van der Waals surface area contributed by atoms with Crippen LogP contribution in [0.15, 0.2) is 42.5 Å². The molecule has 3 rings (SSSR count). The van der Waals surface area contributed by atoms with Gasteiger partial charge in [-0.15, -0.1) is 0 Å². The highest BCUT2D eigenvalue weighted by atomic mass is 16.5. The Morgan fingerprint density at radius 3 is 2.65 bits per heavy atom. The van der Waals surface area contributed by atoms with Crippen LogP contribution in [0.4, 0.5) is 0 Å². The molecule has 26 heavy (non-hydrogen) atoms. The fourth-order valence-corrected chi connectivity index (χ4v) is 4.56. The largest absolute Gasteiger partial charge is 0.497 e. The molecule has 1 aliphatic carbocycles. The molecule has 0 radical (unpaired) electrons. The molecular weight excluding hydrogens is 316 g/mol. The molecule has 0 aliphatic heterocycles. The predicted molar refractivity (Wildman–Crippen MR) is 112 cm³/mol. The van der Waals surface area contributed by atoms with Crippen LogP contribution < -0.4 is 4.74 Å². The molecule has 2 aromatic rings. The maximum absolute atomic E-state index is 5.48. The number of benzene rings is 2. The zero-order valence-corrected chi connectivity index (χ0v) is 17.0. The number of hydrogen-bond acceptors (Lipinski definition) is 1. The molecular formula is C25H34O. The minimum absolute atomic E-state index is 0.370. The van der Waals surface area contributed by atoms with E-state index < -0.39 is 0 Å². The number of methoxy groups -OCH3 is 1. The smallest absolute Gasteiger partial charge is 0.119 e.